The lowest BCUT2D eigenvalue weighted by atomic mass is 10.2. The first-order valence-electron chi connectivity index (χ1n) is 6.26. The highest BCUT2D eigenvalue weighted by molar-refractivity contribution is 5.86. The van der Waals surface area contributed by atoms with Crippen molar-refractivity contribution in [2.24, 2.45) is 0 Å². The number of rotatable bonds is 7. The van der Waals surface area contributed by atoms with Gasteiger partial charge in [-0.25, -0.2) is 9.59 Å². The van der Waals surface area contributed by atoms with Gasteiger partial charge in [0.1, 0.15) is 6.04 Å². The number of amides is 2. The van der Waals surface area contributed by atoms with E-state index in [1.807, 2.05) is 0 Å². The standard InChI is InChI=1S/C12H18N4O5/c1-8(7-16-5-3-4-13-16)14-12(20)15-9(11(18)19)6-10(17)21-2/h3-5,8-9H,6-7H2,1-2H3,(H,18,19)(H2,14,15,20)/t8?,9-/m0/s1. The Hall–Kier alpha value is -2.58. The zero-order valence-corrected chi connectivity index (χ0v) is 11.8. The molecule has 0 radical (unpaired) electrons. The average molecular weight is 298 g/mol. The number of ether oxygens (including phenoxy) is 1. The van der Waals surface area contributed by atoms with Crippen molar-refractivity contribution in [1.29, 1.82) is 0 Å². The summed E-state index contributed by atoms with van der Waals surface area (Å²) in [6.45, 7) is 2.19. The van der Waals surface area contributed by atoms with E-state index in [0.29, 0.717) is 6.54 Å². The average Bonchev–Trinajstić information content (AvgIpc) is 2.89. The lowest BCUT2D eigenvalue weighted by Gasteiger charge is -2.17. The van der Waals surface area contributed by atoms with Gasteiger partial charge in [0, 0.05) is 18.4 Å². The molecule has 2 atom stereocenters. The second kappa shape index (κ2) is 7.88. The van der Waals surface area contributed by atoms with Gasteiger partial charge in [-0.15, -0.1) is 0 Å². The minimum atomic E-state index is -1.34. The summed E-state index contributed by atoms with van der Waals surface area (Å²) in [5.41, 5.74) is 0. The monoisotopic (exact) mass is 298 g/mol. The molecule has 0 aliphatic carbocycles. The second-order valence-electron chi connectivity index (χ2n) is 4.42. The van der Waals surface area contributed by atoms with Crippen molar-refractivity contribution in [2.45, 2.75) is 32.0 Å². The summed E-state index contributed by atoms with van der Waals surface area (Å²) >= 11 is 0. The Morgan fingerprint density at radius 1 is 1.38 bits per heavy atom. The number of hydrogen-bond donors (Lipinski definition) is 3. The number of esters is 1. The van der Waals surface area contributed by atoms with Crippen molar-refractivity contribution in [3.05, 3.63) is 18.5 Å². The number of carbonyl (C=O) groups is 3. The summed E-state index contributed by atoms with van der Waals surface area (Å²) in [6, 6.07) is -0.526. The molecule has 0 fully saturated rings. The zero-order chi connectivity index (χ0) is 15.8. The maximum atomic E-state index is 11.7. The zero-order valence-electron chi connectivity index (χ0n) is 11.8. The van der Waals surface area contributed by atoms with Gasteiger partial charge in [-0.3, -0.25) is 9.48 Å². The minimum Gasteiger partial charge on any atom is -0.480 e. The minimum absolute atomic E-state index is 0.266. The predicted octanol–water partition coefficient (Wildman–Crippen LogP) is -0.413. The van der Waals surface area contributed by atoms with Crippen molar-refractivity contribution in [1.82, 2.24) is 20.4 Å². The predicted molar refractivity (Wildman–Crippen MR) is 71.4 cm³/mol. The third-order valence-electron chi connectivity index (χ3n) is 2.60. The number of nitrogens with zero attached hydrogens (tertiary/aromatic N) is 2. The third kappa shape index (κ3) is 5.93. The van der Waals surface area contributed by atoms with Gasteiger partial charge in [0.15, 0.2) is 0 Å². The maximum Gasteiger partial charge on any atom is 0.326 e. The summed E-state index contributed by atoms with van der Waals surface area (Å²) < 4.78 is 6.01. The van der Waals surface area contributed by atoms with Crippen LogP contribution in [0.1, 0.15) is 13.3 Å². The van der Waals surface area contributed by atoms with Crippen LogP contribution >= 0.6 is 0 Å². The van der Waals surface area contributed by atoms with Crippen LogP contribution in [-0.2, 0) is 20.9 Å². The van der Waals surface area contributed by atoms with Crippen LogP contribution in [0.2, 0.25) is 0 Å². The molecular formula is C12H18N4O5. The summed E-state index contributed by atoms with van der Waals surface area (Å²) in [7, 11) is 1.15. The molecule has 0 aliphatic heterocycles. The van der Waals surface area contributed by atoms with Crippen LogP contribution in [0.25, 0.3) is 0 Å². The highest BCUT2D eigenvalue weighted by atomic mass is 16.5. The van der Waals surface area contributed by atoms with Gasteiger partial charge in [-0.2, -0.15) is 5.10 Å². The molecule has 1 aromatic heterocycles. The van der Waals surface area contributed by atoms with Crippen LogP contribution < -0.4 is 10.6 Å². The smallest absolute Gasteiger partial charge is 0.326 e. The number of aromatic nitrogens is 2. The number of aliphatic carboxylic acids is 1. The van der Waals surface area contributed by atoms with Crippen molar-refractivity contribution in [3.8, 4) is 0 Å². The van der Waals surface area contributed by atoms with E-state index >= 15 is 0 Å². The molecule has 0 bridgehead atoms. The van der Waals surface area contributed by atoms with Gasteiger partial charge >= 0.3 is 18.0 Å². The molecule has 0 aliphatic rings. The van der Waals surface area contributed by atoms with Gasteiger partial charge in [-0.1, -0.05) is 0 Å². The van der Waals surface area contributed by atoms with E-state index in [-0.39, 0.29) is 6.04 Å². The van der Waals surface area contributed by atoms with Crippen molar-refractivity contribution >= 4 is 18.0 Å². The summed E-state index contributed by atoms with van der Waals surface area (Å²) in [5.74, 6) is -2.03. The summed E-state index contributed by atoms with van der Waals surface area (Å²) in [4.78, 5) is 33.7. The number of carbonyl (C=O) groups excluding carboxylic acids is 2. The van der Waals surface area contributed by atoms with Crippen LogP contribution in [0.4, 0.5) is 4.79 Å². The quantitative estimate of drug-likeness (QED) is 0.588. The molecule has 0 aromatic carbocycles. The van der Waals surface area contributed by atoms with Crippen molar-refractivity contribution in [3.63, 3.8) is 0 Å². The van der Waals surface area contributed by atoms with E-state index in [4.69, 9.17) is 5.11 Å². The molecule has 116 valence electrons. The Labute approximate surface area is 121 Å². The van der Waals surface area contributed by atoms with Crippen LogP contribution in [0.3, 0.4) is 0 Å². The Morgan fingerprint density at radius 2 is 2.10 bits per heavy atom. The molecule has 9 nitrogen and oxygen atoms in total. The third-order valence-corrected chi connectivity index (χ3v) is 2.60. The van der Waals surface area contributed by atoms with Gasteiger partial charge in [-0.05, 0) is 13.0 Å². The summed E-state index contributed by atoms with van der Waals surface area (Å²) in [6.07, 6.45) is 2.92. The highest BCUT2D eigenvalue weighted by Crippen LogP contribution is 1.96. The molecular weight excluding hydrogens is 280 g/mol. The van der Waals surface area contributed by atoms with Gasteiger partial charge in [0.2, 0.25) is 0 Å². The largest absolute Gasteiger partial charge is 0.480 e. The summed E-state index contributed by atoms with van der Waals surface area (Å²) in [5, 5.41) is 17.7. The second-order valence-corrected chi connectivity index (χ2v) is 4.42. The Morgan fingerprint density at radius 3 is 2.62 bits per heavy atom. The van der Waals surface area contributed by atoms with E-state index in [2.05, 4.69) is 20.5 Å². The highest BCUT2D eigenvalue weighted by Gasteiger charge is 2.24. The molecule has 0 saturated heterocycles. The van der Waals surface area contributed by atoms with E-state index in [1.54, 1.807) is 30.1 Å². The fourth-order valence-electron chi connectivity index (χ4n) is 1.61. The Kier molecular flexibility index (Phi) is 6.18. The van der Waals surface area contributed by atoms with Gasteiger partial charge in [0.05, 0.1) is 20.1 Å². The first-order chi connectivity index (χ1) is 9.92. The van der Waals surface area contributed by atoms with Gasteiger partial charge in [0.25, 0.3) is 0 Å². The lowest BCUT2D eigenvalue weighted by molar-refractivity contribution is -0.147. The van der Waals surface area contributed by atoms with Crippen molar-refractivity contribution in [2.75, 3.05) is 7.11 Å². The Bertz CT molecular complexity index is 488. The lowest BCUT2D eigenvalue weighted by Crippen LogP contribution is -2.50. The first kappa shape index (κ1) is 16.5. The fraction of sp³-hybridized carbons (Fsp3) is 0.500. The Balaban J connectivity index is 2.45. The number of carboxylic acids is 1. The molecule has 21 heavy (non-hydrogen) atoms. The molecule has 1 aromatic rings. The van der Waals surface area contributed by atoms with Crippen LogP contribution in [-0.4, -0.2) is 52.1 Å². The fourth-order valence-corrected chi connectivity index (χ4v) is 1.61. The number of nitrogens with one attached hydrogen (secondary N) is 2. The van der Waals surface area contributed by atoms with E-state index in [9.17, 15) is 14.4 Å². The van der Waals surface area contributed by atoms with E-state index in [1.165, 1.54) is 0 Å². The molecule has 0 saturated carbocycles. The molecule has 1 heterocycles. The van der Waals surface area contributed by atoms with Crippen molar-refractivity contribution < 1.29 is 24.2 Å². The molecule has 0 spiro atoms. The van der Waals surface area contributed by atoms with Crippen LogP contribution in [0, 0.1) is 0 Å². The number of urea groups is 1. The number of carboxylic acid groups (broad SMARTS) is 1. The maximum absolute atomic E-state index is 11.7. The topological polar surface area (TPSA) is 123 Å². The van der Waals surface area contributed by atoms with Crippen LogP contribution in [0.5, 0.6) is 0 Å². The normalized spacial score (nSPS) is 13.0. The van der Waals surface area contributed by atoms with E-state index < -0.39 is 30.4 Å². The molecule has 1 rings (SSSR count). The van der Waals surface area contributed by atoms with Crippen LogP contribution in [0.15, 0.2) is 18.5 Å². The number of hydrogen-bond acceptors (Lipinski definition) is 5. The molecule has 1 unspecified atom stereocenters. The molecule has 3 N–H and O–H groups in total. The van der Waals surface area contributed by atoms with Gasteiger partial charge < -0.3 is 20.5 Å². The van der Waals surface area contributed by atoms with E-state index in [0.717, 1.165) is 7.11 Å². The molecule has 2 amide bonds. The molecule has 9 heteroatoms. The number of methoxy groups -OCH3 is 1. The first-order valence-corrected chi connectivity index (χ1v) is 6.26. The SMILES string of the molecule is COC(=O)C[C@H](NC(=O)NC(C)Cn1cccn1)C(=O)O.